The molecule has 1 aromatic carbocycles. The third-order valence-corrected chi connectivity index (χ3v) is 2.79. The van der Waals surface area contributed by atoms with Gasteiger partial charge in [0.05, 0.1) is 0 Å². The topological polar surface area (TPSA) is 12.0 Å². The molecule has 70 valence electrons. The number of hydrogen-bond acceptors (Lipinski definition) is 1. The van der Waals surface area contributed by atoms with E-state index in [4.69, 9.17) is 0 Å². The van der Waals surface area contributed by atoms with Crippen LogP contribution in [-0.2, 0) is 6.42 Å². The van der Waals surface area contributed by atoms with Crippen molar-refractivity contribution in [2.75, 3.05) is 6.54 Å². The van der Waals surface area contributed by atoms with E-state index in [2.05, 4.69) is 35.6 Å². The molecule has 1 atom stereocenters. The first-order chi connectivity index (χ1) is 6.45. The summed E-state index contributed by atoms with van der Waals surface area (Å²) >= 11 is 0. The molecule has 1 fully saturated rings. The van der Waals surface area contributed by atoms with Gasteiger partial charge in [-0.15, -0.1) is 0 Å². The van der Waals surface area contributed by atoms with Crippen molar-refractivity contribution in [1.82, 2.24) is 5.32 Å². The molecule has 0 spiro atoms. The quantitative estimate of drug-likeness (QED) is 0.743. The van der Waals surface area contributed by atoms with Crippen molar-refractivity contribution in [3.8, 4) is 0 Å². The Morgan fingerprint density at radius 1 is 1.23 bits per heavy atom. The van der Waals surface area contributed by atoms with Gasteiger partial charge in [0, 0.05) is 6.04 Å². The first-order valence-electron chi connectivity index (χ1n) is 5.22. The highest BCUT2D eigenvalue weighted by Gasteiger charge is 2.12. The Morgan fingerprint density at radius 3 is 2.77 bits per heavy atom. The molecule has 0 bridgehead atoms. The van der Waals surface area contributed by atoms with Gasteiger partial charge in [-0.2, -0.15) is 0 Å². The van der Waals surface area contributed by atoms with Crippen LogP contribution in [0.15, 0.2) is 30.3 Å². The van der Waals surface area contributed by atoms with Crippen molar-refractivity contribution >= 4 is 0 Å². The highest BCUT2D eigenvalue weighted by Crippen LogP contribution is 2.12. The second-order valence-corrected chi connectivity index (χ2v) is 3.82. The highest BCUT2D eigenvalue weighted by atomic mass is 14.9. The minimum Gasteiger partial charge on any atom is -0.314 e. The van der Waals surface area contributed by atoms with Gasteiger partial charge in [-0.1, -0.05) is 30.3 Å². The predicted molar refractivity (Wildman–Crippen MR) is 55.8 cm³/mol. The molecule has 0 aromatic heterocycles. The Morgan fingerprint density at radius 2 is 2.08 bits per heavy atom. The number of aryl methyl sites for hydroxylation is 1. The number of nitrogens with one attached hydrogen (secondary N) is 1. The average Bonchev–Trinajstić information content (AvgIpc) is 2.69. The molecule has 13 heavy (non-hydrogen) atoms. The summed E-state index contributed by atoms with van der Waals surface area (Å²) in [6, 6.07) is 11.5. The minimum atomic E-state index is 0.778. The van der Waals surface area contributed by atoms with Crippen LogP contribution in [0.2, 0.25) is 0 Å². The Balaban J connectivity index is 1.79. The van der Waals surface area contributed by atoms with Crippen molar-refractivity contribution < 1.29 is 0 Å². The van der Waals surface area contributed by atoms with E-state index >= 15 is 0 Å². The maximum absolute atomic E-state index is 3.53. The van der Waals surface area contributed by atoms with E-state index in [9.17, 15) is 0 Å². The summed E-state index contributed by atoms with van der Waals surface area (Å²) in [7, 11) is 0. The van der Waals surface area contributed by atoms with Gasteiger partial charge in [0.15, 0.2) is 0 Å². The summed E-state index contributed by atoms with van der Waals surface area (Å²) < 4.78 is 0. The Labute approximate surface area is 80.2 Å². The largest absolute Gasteiger partial charge is 0.314 e. The maximum Gasteiger partial charge on any atom is 0.00707 e. The lowest BCUT2D eigenvalue weighted by molar-refractivity contribution is 0.559. The minimum absolute atomic E-state index is 0.778. The summed E-state index contributed by atoms with van der Waals surface area (Å²) in [5.41, 5.74) is 1.47. The third-order valence-electron chi connectivity index (χ3n) is 2.79. The van der Waals surface area contributed by atoms with Crippen LogP contribution in [0.3, 0.4) is 0 Å². The zero-order chi connectivity index (χ0) is 8.93. The molecule has 0 amide bonds. The zero-order valence-corrected chi connectivity index (χ0v) is 8.00. The van der Waals surface area contributed by atoms with Crippen LogP contribution in [0.4, 0.5) is 0 Å². The molecular weight excluding hydrogens is 158 g/mol. The Kier molecular flexibility index (Phi) is 2.98. The molecule has 1 saturated heterocycles. The summed E-state index contributed by atoms with van der Waals surface area (Å²) in [4.78, 5) is 0. The van der Waals surface area contributed by atoms with Crippen LogP contribution in [0.25, 0.3) is 0 Å². The fourth-order valence-electron chi connectivity index (χ4n) is 1.99. The van der Waals surface area contributed by atoms with Crippen molar-refractivity contribution in [3.63, 3.8) is 0 Å². The fraction of sp³-hybridized carbons (Fsp3) is 0.500. The summed E-state index contributed by atoms with van der Waals surface area (Å²) in [6.45, 7) is 1.22. The van der Waals surface area contributed by atoms with E-state index < -0.39 is 0 Å². The van der Waals surface area contributed by atoms with Gasteiger partial charge in [-0.3, -0.25) is 0 Å². The van der Waals surface area contributed by atoms with Crippen molar-refractivity contribution in [3.05, 3.63) is 35.9 Å². The molecule has 1 heteroatoms. The Hall–Kier alpha value is -0.820. The van der Waals surface area contributed by atoms with Gasteiger partial charge in [-0.05, 0) is 37.8 Å². The van der Waals surface area contributed by atoms with Gasteiger partial charge in [0.1, 0.15) is 0 Å². The Bertz CT molecular complexity index is 237. The molecule has 1 aromatic rings. The van der Waals surface area contributed by atoms with Crippen molar-refractivity contribution in [1.29, 1.82) is 0 Å². The molecular formula is C12H17N. The lowest BCUT2D eigenvalue weighted by atomic mass is 10.0. The SMILES string of the molecule is c1ccc(CCC2CCCN2)cc1. The van der Waals surface area contributed by atoms with Crippen LogP contribution in [0.1, 0.15) is 24.8 Å². The average molecular weight is 175 g/mol. The molecule has 0 saturated carbocycles. The molecule has 2 rings (SSSR count). The van der Waals surface area contributed by atoms with Gasteiger partial charge in [0.25, 0.3) is 0 Å². The summed E-state index contributed by atoms with van der Waals surface area (Å²) in [5, 5.41) is 3.53. The standard InChI is InChI=1S/C12H17N/c1-2-5-11(6-3-1)8-9-12-7-4-10-13-12/h1-3,5-6,12-13H,4,7-10H2. The molecule has 1 aliphatic rings. The van der Waals surface area contributed by atoms with Gasteiger partial charge < -0.3 is 5.32 Å². The van der Waals surface area contributed by atoms with Crippen LogP contribution < -0.4 is 5.32 Å². The van der Waals surface area contributed by atoms with Crippen molar-refractivity contribution in [2.45, 2.75) is 31.7 Å². The van der Waals surface area contributed by atoms with Gasteiger partial charge in [-0.25, -0.2) is 0 Å². The van der Waals surface area contributed by atoms with Crippen LogP contribution in [-0.4, -0.2) is 12.6 Å². The van der Waals surface area contributed by atoms with E-state index in [1.54, 1.807) is 0 Å². The molecule has 1 heterocycles. The number of benzene rings is 1. The second kappa shape index (κ2) is 4.43. The summed E-state index contributed by atoms with van der Waals surface area (Å²) in [5.74, 6) is 0. The molecule has 1 unspecified atom stereocenters. The lowest BCUT2D eigenvalue weighted by Gasteiger charge is -2.09. The molecule has 1 N–H and O–H groups in total. The maximum atomic E-state index is 3.53. The van der Waals surface area contributed by atoms with E-state index in [1.165, 1.54) is 37.8 Å². The third kappa shape index (κ3) is 2.56. The van der Waals surface area contributed by atoms with Gasteiger partial charge >= 0.3 is 0 Å². The first-order valence-corrected chi connectivity index (χ1v) is 5.22. The van der Waals surface area contributed by atoms with E-state index in [0.29, 0.717) is 0 Å². The smallest absolute Gasteiger partial charge is 0.00707 e. The molecule has 1 nitrogen and oxygen atoms in total. The van der Waals surface area contributed by atoms with Crippen molar-refractivity contribution in [2.24, 2.45) is 0 Å². The molecule has 1 aliphatic heterocycles. The molecule has 0 radical (unpaired) electrons. The van der Waals surface area contributed by atoms with E-state index in [0.717, 1.165) is 6.04 Å². The van der Waals surface area contributed by atoms with Crippen LogP contribution in [0.5, 0.6) is 0 Å². The predicted octanol–water partition coefficient (Wildman–Crippen LogP) is 2.37. The normalized spacial score (nSPS) is 22.0. The monoisotopic (exact) mass is 175 g/mol. The van der Waals surface area contributed by atoms with Crippen LogP contribution >= 0.6 is 0 Å². The number of hydrogen-bond donors (Lipinski definition) is 1. The van der Waals surface area contributed by atoms with E-state index in [-0.39, 0.29) is 0 Å². The van der Waals surface area contributed by atoms with Crippen LogP contribution in [0, 0.1) is 0 Å². The molecule has 0 aliphatic carbocycles. The first kappa shape index (κ1) is 8.76. The second-order valence-electron chi connectivity index (χ2n) is 3.82. The summed E-state index contributed by atoms with van der Waals surface area (Å²) in [6.07, 6.45) is 5.24. The van der Waals surface area contributed by atoms with Gasteiger partial charge in [0.2, 0.25) is 0 Å². The number of rotatable bonds is 3. The zero-order valence-electron chi connectivity index (χ0n) is 8.00. The fourth-order valence-corrected chi connectivity index (χ4v) is 1.99. The highest BCUT2D eigenvalue weighted by molar-refractivity contribution is 5.14. The lowest BCUT2D eigenvalue weighted by Crippen LogP contribution is -2.21. The van der Waals surface area contributed by atoms with E-state index in [1.807, 2.05) is 0 Å².